The van der Waals surface area contributed by atoms with E-state index in [1.807, 2.05) is 6.08 Å². The van der Waals surface area contributed by atoms with E-state index in [1.165, 1.54) is 32.4 Å². The number of benzene rings is 3. The van der Waals surface area contributed by atoms with Gasteiger partial charge in [-0.1, -0.05) is 58.6 Å². The number of hydrogen-bond acceptors (Lipinski definition) is 9. The first kappa shape index (κ1) is 35.6. The summed E-state index contributed by atoms with van der Waals surface area (Å²) in [6.45, 7) is -0.285. The number of carboxylic acids is 1. The fraction of sp³-hybridized carbons (Fsp3) is 0.324. The maximum Gasteiger partial charge on any atom is 0.305 e. The Balaban J connectivity index is 1.46. The van der Waals surface area contributed by atoms with Crippen LogP contribution in [-0.2, 0) is 29.4 Å². The van der Waals surface area contributed by atoms with Gasteiger partial charge in [0.2, 0.25) is 11.8 Å². The van der Waals surface area contributed by atoms with Crippen LogP contribution in [0.2, 0.25) is 15.1 Å². The number of allylic oxidation sites excluding steroid dienone is 2. The number of halogens is 3. The quantitative estimate of drug-likeness (QED) is 0.178. The first-order chi connectivity index (χ1) is 24.8. The van der Waals surface area contributed by atoms with Crippen LogP contribution in [0.15, 0.2) is 66.2 Å². The molecule has 2 aliphatic carbocycles. The molecule has 3 N–H and O–H groups in total. The van der Waals surface area contributed by atoms with Crippen LogP contribution >= 0.6 is 34.8 Å². The van der Waals surface area contributed by atoms with E-state index in [2.05, 4.69) is 5.43 Å². The number of phenolic OH excluding ortho intramolecular Hbond substituents is 1. The minimum absolute atomic E-state index is 0.00136. The molecule has 3 fully saturated rings. The maximum atomic E-state index is 15.3. The molecular formula is C37H32Cl3N3O9. The van der Waals surface area contributed by atoms with Gasteiger partial charge in [-0.3, -0.25) is 34.3 Å². The number of rotatable bonds is 9. The molecule has 6 atom stereocenters. The summed E-state index contributed by atoms with van der Waals surface area (Å²) in [7, 11) is 2.86. The highest BCUT2D eigenvalue weighted by atomic mass is 35.5. The maximum absolute atomic E-state index is 15.3. The Bertz CT molecular complexity index is 2070. The molecule has 3 aromatic rings. The lowest BCUT2D eigenvalue weighted by atomic mass is 9.49. The molecule has 0 radical (unpaired) electrons. The van der Waals surface area contributed by atoms with Gasteiger partial charge in [0.25, 0.3) is 11.8 Å². The number of aliphatic carboxylic acids is 1. The fourth-order valence-electron chi connectivity index (χ4n) is 8.63. The van der Waals surface area contributed by atoms with E-state index >= 15 is 4.79 Å². The predicted molar refractivity (Wildman–Crippen MR) is 189 cm³/mol. The zero-order valence-electron chi connectivity index (χ0n) is 27.8. The molecule has 4 amide bonds. The lowest BCUT2D eigenvalue weighted by Crippen LogP contribution is -2.53. The van der Waals surface area contributed by atoms with Gasteiger partial charge < -0.3 is 19.7 Å². The number of aromatic hydroxyl groups is 1. The Hall–Kier alpha value is -4.78. The molecule has 15 heteroatoms. The molecule has 0 spiro atoms. The number of ether oxygens (including phenoxy) is 2. The van der Waals surface area contributed by atoms with Crippen molar-refractivity contribution in [2.24, 2.45) is 23.7 Å². The monoisotopic (exact) mass is 767 g/mol. The number of nitrogens with zero attached hydrogens (tertiary/aromatic N) is 2. The van der Waals surface area contributed by atoms with Gasteiger partial charge in [-0.15, -0.1) is 0 Å². The summed E-state index contributed by atoms with van der Waals surface area (Å²) >= 11 is 19.2. The standard InChI is InChI=1S/C37H32Cl3N3O9/c1-51-20-6-3-18(4-7-20)37-24(34(48)43(36(37)50)41-27-10-5-19(38)15-25(27)39)16-23-21(31(37)17-13-26(40)32(46)28(14-17)52-2)8-9-22-30(23)35(49)42(33(22)47)12-11-29(44)45/h3-8,10,13-15,22-24,30-31,41,46H,9,11-12,16H2,1-2H3,(H,44,45). The number of hydrazine groups is 1. The number of carbonyl (C=O) groups excluding carboxylic acids is 4. The van der Waals surface area contributed by atoms with Gasteiger partial charge in [-0.05, 0) is 72.4 Å². The topological polar surface area (TPSA) is 163 Å². The molecule has 12 nitrogen and oxygen atoms in total. The van der Waals surface area contributed by atoms with E-state index in [1.54, 1.807) is 36.4 Å². The van der Waals surface area contributed by atoms with Gasteiger partial charge in [0, 0.05) is 17.5 Å². The number of phenols is 1. The number of anilines is 1. The summed E-state index contributed by atoms with van der Waals surface area (Å²) in [6, 6.07) is 14.4. The van der Waals surface area contributed by atoms with Crippen LogP contribution in [0.1, 0.15) is 36.3 Å². The normalized spacial score (nSPS) is 26.5. The predicted octanol–water partition coefficient (Wildman–Crippen LogP) is 5.83. The highest BCUT2D eigenvalue weighted by Crippen LogP contribution is 2.64. The van der Waals surface area contributed by atoms with Crippen molar-refractivity contribution >= 4 is 70.1 Å². The first-order valence-corrected chi connectivity index (χ1v) is 17.5. The molecule has 2 heterocycles. The molecule has 2 aliphatic heterocycles. The molecule has 7 rings (SSSR count). The largest absolute Gasteiger partial charge is 0.503 e. The Kier molecular flexibility index (Phi) is 9.13. The van der Waals surface area contributed by atoms with Crippen LogP contribution in [0.4, 0.5) is 5.69 Å². The van der Waals surface area contributed by atoms with Crippen molar-refractivity contribution in [3.63, 3.8) is 0 Å². The third-order valence-electron chi connectivity index (χ3n) is 10.8. The van der Waals surface area contributed by atoms with E-state index in [0.717, 1.165) is 9.91 Å². The number of carboxylic acid groups (broad SMARTS) is 1. The molecule has 1 saturated carbocycles. The lowest BCUT2D eigenvalue weighted by Gasteiger charge is -2.50. The Morgan fingerprint density at radius 2 is 1.65 bits per heavy atom. The van der Waals surface area contributed by atoms with Gasteiger partial charge in [-0.2, -0.15) is 5.01 Å². The molecule has 3 aromatic carbocycles. The Labute approximate surface area is 312 Å². The zero-order chi connectivity index (χ0) is 37.2. The number of hydrogen-bond donors (Lipinski definition) is 3. The molecule has 2 saturated heterocycles. The average Bonchev–Trinajstić information content (AvgIpc) is 3.49. The molecule has 0 bridgehead atoms. The molecule has 0 aromatic heterocycles. The van der Waals surface area contributed by atoms with Crippen molar-refractivity contribution in [2.75, 3.05) is 26.2 Å². The van der Waals surface area contributed by atoms with Crippen LogP contribution in [0.3, 0.4) is 0 Å². The van der Waals surface area contributed by atoms with Crippen LogP contribution in [0.25, 0.3) is 0 Å². The summed E-state index contributed by atoms with van der Waals surface area (Å²) in [4.78, 5) is 70.3. The van der Waals surface area contributed by atoms with Gasteiger partial charge in [0.05, 0.1) is 59.5 Å². The number of nitrogens with one attached hydrogen (secondary N) is 1. The summed E-state index contributed by atoms with van der Waals surface area (Å²) in [5.41, 5.74) is 3.02. The number of carbonyl (C=O) groups is 5. The van der Waals surface area contributed by atoms with Crippen LogP contribution in [0, 0.1) is 23.7 Å². The zero-order valence-corrected chi connectivity index (χ0v) is 30.0. The summed E-state index contributed by atoms with van der Waals surface area (Å²) in [6.07, 6.45) is 1.57. The van der Waals surface area contributed by atoms with E-state index < -0.39 is 71.0 Å². The lowest BCUT2D eigenvalue weighted by molar-refractivity contribution is -0.143. The summed E-state index contributed by atoms with van der Waals surface area (Å²) < 4.78 is 10.9. The number of amides is 4. The van der Waals surface area contributed by atoms with Crippen molar-refractivity contribution in [1.82, 2.24) is 9.91 Å². The number of imide groups is 2. The van der Waals surface area contributed by atoms with Gasteiger partial charge in [-0.25, -0.2) is 0 Å². The molecule has 6 unspecified atom stereocenters. The highest BCUT2D eigenvalue weighted by Gasteiger charge is 2.70. The Morgan fingerprint density at radius 3 is 2.31 bits per heavy atom. The van der Waals surface area contributed by atoms with Crippen LogP contribution < -0.4 is 14.9 Å². The average molecular weight is 769 g/mol. The van der Waals surface area contributed by atoms with Gasteiger partial charge in [0.15, 0.2) is 11.5 Å². The second-order valence-corrected chi connectivity index (χ2v) is 14.5. The fourth-order valence-corrected chi connectivity index (χ4v) is 9.30. The van der Waals surface area contributed by atoms with Crippen LogP contribution in [0.5, 0.6) is 17.2 Å². The molecule has 270 valence electrons. The summed E-state index contributed by atoms with van der Waals surface area (Å²) in [5, 5.41) is 21.4. The Morgan fingerprint density at radius 1 is 0.923 bits per heavy atom. The van der Waals surface area contributed by atoms with E-state index in [9.17, 15) is 29.4 Å². The first-order valence-electron chi connectivity index (χ1n) is 16.4. The third-order valence-corrected chi connectivity index (χ3v) is 11.7. The van der Waals surface area contributed by atoms with Crippen molar-refractivity contribution < 1.29 is 43.7 Å². The molecule has 4 aliphatic rings. The van der Waals surface area contributed by atoms with Gasteiger partial charge >= 0.3 is 5.97 Å². The second-order valence-electron chi connectivity index (χ2n) is 13.2. The third kappa shape index (κ3) is 5.38. The van der Waals surface area contributed by atoms with Crippen molar-refractivity contribution in [3.05, 3.63) is 92.4 Å². The SMILES string of the molecule is COc1ccc(C23C(=O)N(Nc4ccc(Cl)cc4Cl)C(=O)C2CC2C(=CCC4C(=O)N(CCC(=O)O)C(=O)C42)C3c2cc(Cl)c(O)c(OC)c2)cc1. The van der Waals surface area contributed by atoms with Crippen molar-refractivity contribution in [2.45, 2.75) is 30.6 Å². The smallest absolute Gasteiger partial charge is 0.305 e. The van der Waals surface area contributed by atoms with E-state index in [0.29, 0.717) is 27.5 Å². The number of likely N-dealkylation sites (tertiary alicyclic amines) is 1. The minimum atomic E-state index is -1.66. The number of fused-ring (bicyclic) bond motifs is 4. The van der Waals surface area contributed by atoms with E-state index in [-0.39, 0.29) is 46.6 Å². The summed E-state index contributed by atoms with van der Waals surface area (Å²) in [5.74, 6) is -7.66. The highest BCUT2D eigenvalue weighted by molar-refractivity contribution is 6.36. The second kappa shape index (κ2) is 13.3. The molecular weight excluding hydrogens is 737 g/mol. The van der Waals surface area contributed by atoms with E-state index in [4.69, 9.17) is 44.3 Å². The molecule has 52 heavy (non-hydrogen) atoms. The minimum Gasteiger partial charge on any atom is -0.503 e. The van der Waals surface area contributed by atoms with Crippen molar-refractivity contribution in [3.8, 4) is 17.2 Å². The number of methoxy groups -OCH3 is 2. The van der Waals surface area contributed by atoms with Crippen molar-refractivity contribution in [1.29, 1.82) is 0 Å². The van der Waals surface area contributed by atoms with Crippen LogP contribution in [-0.4, -0.2) is 70.5 Å². The van der Waals surface area contributed by atoms with Gasteiger partial charge in [0.1, 0.15) is 5.75 Å².